The molecule has 0 aliphatic carbocycles. The molecule has 9 heteroatoms. The lowest BCUT2D eigenvalue weighted by atomic mass is 10.1. The maximum Gasteiger partial charge on any atom is 0.225 e. The number of hydrogen-bond donors (Lipinski definition) is 1. The van der Waals surface area contributed by atoms with Gasteiger partial charge in [0.1, 0.15) is 0 Å². The first-order valence-corrected chi connectivity index (χ1v) is 10.1. The van der Waals surface area contributed by atoms with E-state index in [-0.39, 0.29) is 11.3 Å². The van der Waals surface area contributed by atoms with E-state index in [4.69, 9.17) is 46.4 Å². The summed E-state index contributed by atoms with van der Waals surface area (Å²) in [6.07, 6.45) is -0.0474. The predicted molar refractivity (Wildman–Crippen MR) is 101 cm³/mol. The van der Waals surface area contributed by atoms with Gasteiger partial charge < -0.3 is 5.32 Å². The minimum atomic E-state index is -4.15. The number of amides is 1. The van der Waals surface area contributed by atoms with Crippen molar-refractivity contribution in [3.8, 4) is 0 Å². The number of halogens is 4. The van der Waals surface area contributed by atoms with E-state index in [2.05, 4.69) is 5.32 Å². The van der Waals surface area contributed by atoms with Gasteiger partial charge in [-0.15, -0.1) is 0 Å². The molecule has 0 saturated carbocycles. The molecular formula is C16H13Cl4NO3S. The van der Waals surface area contributed by atoms with Crippen molar-refractivity contribution in [3.63, 3.8) is 0 Å². The standard InChI is InChI=1S/C16H13Cl4NO3S/c17-12-6-8-13(9-7-12)25(23,24)15(16(18,19)20)21-14(22)10-11-4-2-1-3-5-11/h1-9,15H,10H2,(H,21,22). The van der Waals surface area contributed by atoms with Crippen LogP contribution in [0.2, 0.25) is 5.02 Å². The van der Waals surface area contributed by atoms with Crippen molar-refractivity contribution < 1.29 is 13.2 Å². The summed E-state index contributed by atoms with van der Waals surface area (Å²) in [5.74, 6) is -0.583. The zero-order valence-electron chi connectivity index (χ0n) is 12.6. The summed E-state index contributed by atoms with van der Waals surface area (Å²) in [6.45, 7) is 0. The summed E-state index contributed by atoms with van der Waals surface area (Å²) >= 11 is 23.2. The number of carbonyl (C=O) groups is 1. The molecule has 2 rings (SSSR count). The van der Waals surface area contributed by atoms with Crippen LogP contribution in [0.5, 0.6) is 0 Å². The number of benzene rings is 2. The quantitative estimate of drug-likeness (QED) is 0.709. The Hall–Kier alpha value is -0.980. The van der Waals surface area contributed by atoms with Crippen molar-refractivity contribution in [2.45, 2.75) is 20.5 Å². The first-order valence-electron chi connectivity index (χ1n) is 7.00. The van der Waals surface area contributed by atoms with Crippen molar-refractivity contribution in [2.24, 2.45) is 0 Å². The third-order valence-electron chi connectivity index (χ3n) is 3.25. The van der Waals surface area contributed by atoms with Crippen LogP contribution in [0.4, 0.5) is 0 Å². The molecule has 1 N–H and O–H groups in total. The van der Waals surface area contributed by atoms with Gasteiger partial charge in [0.05, 0.1) is 11.3 Å². The molecule has 1 amide bonds. The molecule has 0 aliphatic heterocycles. The molecule has 0 spiro atoms. The average molecular weight is 441 g/mol. The molecule has 0 saturated heterocycles. The maximum atomic E-state index is 12.8. The molecule has 1 unspecified atom stereocenters. The highest BCUT2D eigenvalue weighted by Crippen LogP contribution is 2.36. The van der Waals surface area contributed by atoms with E-state index in [1.807, 2.05) is 0 Å². The van der Waals surface area contributed by atoms with Gasteiger partial charge in [-0.1, -0.05) is 76.7 Å². The largest absolute Gasteiger partial charge is 0.335 e. The zero-order valence-corrected chi connectivity index (χ0v) is 16.5. The molecule has 25 heavy (non-hydrogen) atoms. The van der Waals surface area contributed by atoms with E-state index in [1.54, 1.807) is 30.3 Å². The second-order valence-corrected chi connectivity index (χ2v) is 9.99. The van der Waals surface area contributed by atoms with Gasteiger partial charge in [-0.25, -0.2) is 8.42 Å². The Labute approximate surface area is 165 Å². The van der Waals surface area contributed by atoms with Crippen LogP contribution in [0, 0.1) is 0 Å². The Morgan fingerprint density at radius 1 is 1.00 bits per heavy atom. The number of rotatable bonds is 5. The lowest BCUT2D eigenvalue weighted by molar-refractivity contribution is -0.120. The summed E-state index contributed by atoms with van der Waals surface area (Å²) in [7, 11) is -4.15. The zero-order chi connectivity index (χ0) is 18.7. The van der Waals surface area contributed by atoms with Crippen LogP contribution in [0.1, 0.15) is 5.56 Å². The smallest absolute Gasteiger partial charge is 0.225 e. The molecule has 2 aromatic carbocycles. The van der Waals surface area contributed by atoms with E-state index >= 15 is 0 Å². The number of carbonyl (C=O) groups excluding carboxylic acids is 1. The predicted octanol–water partition coefficient (Wildman–Crippen LogP) is 4.17. The molecule has 1 atom stereocenters. The second-order valence-electron chi connectivity index (χ2n) is 5.15. The molecule has 0 heterocycles. The van der Waals surface area contributed by atoms with Gasteiger partial charge in [0, 0.05) is 5.02 Å². The van der Waals surface area contributed by atoms with Gasteiger partial charge in [0.25, 0.3) is 0 Å². The molecule has 4 nitrogen and oxygen atoms in total. The Bertz CT molecular complexity index is 834. The number of alkyl halides is 3. The lowest BCUT2D eigenvalue weighted by Gasteiger charge is -2.25. The Morgan fingerprint density at radius 3 is 2.08 bits per heavy atom. The van der Waals surface area contributed by atoms with Crippen LogP contribution in [0.3, 0.4) is 0 Å². The monoisotopic (exact) mass is 439 g/mol. The fraction of sp³-hybridized carbons (Fsp3) is 0.188. The van der Waals surface area contributed by atoms with E-state index in [9.17, 15) is 13.2 Å². The van der Waals surface area contributed by atoms with Gasteiger partial charge in [-0.2, -0.15) is 0 Å². The van der Waals surface area contributed by atoms with Crippen LogP contribution in [0.25, 0.3) is 0 Å². The lowest BCUT2D eigenvalue weighted by Crippen LogP contribution is -2.49. The van der Waals surface area contributed by atoms with Crippen molar-refractivity contribution in [1.82, 2.24) is 5.32 Å². The second kappa shape index (κ2) is 8.14. The fourth-order valence-electron chi connectivity index (χ4n) is 2.07. The Morgan fingerprint density at radius 2 is 1.56 bits per heavy atom. The summed E-state index contributed by atoms with van der Waals surface area (Å²) in [6, 6.07) is 14.2. The van der Waals surface area contributed by atoms with E-state index in [0.29, 0.717) is 10.6 Å². The molecule has 0 fully saturated rings. The first-order chi connectivity index (χ1) is 11.6. The van der Waals surface area contributed by atoms with Gasteiger partial charge in [0.2, 0.25) is 19.5 Å². The highest BCUT2D eigenvalue weighted by Gasteiger charge is 2.44. The molecule has 2 aromatic rings. The molecule has 134 valence electrons. The summed E-state index contributed by atoms with van der Waals surface area (Å²) in [5.41, 5.74) is 0.701. The third-order valence-corrected chi connectivity index (χ3v) is 6.57. The van der Waals surface area contributed by atoms with E-state index in [1.165, 1.54) is 24.3 Å². The maximum absolute atomic E-state index is 12.8. The first kappa shape index (κ1) is 20.3. The minimum absolute atomic E-state index is 0.0474. The molecule has 0 aromatic heterocycles. The average Bonchev–Trinajstić information content (AvgIpc) is 2.53. The Balaban J connectivity index is 2.27. The Kier molecular flexibility index (Phi) is 6.62. The molecule has 0 aliphatic rings. The minimum Gasteiger partial charge on any atom is -0.335 e. The summed E-state index contributed by atoms with van der Waals surface area (Å²) < 4.78 is 23.3. The van der Waals surface area contributed by atoms with Crippen molar-refractivity contribution >= 4 is 62.1 Å². The summed E-state index contributed by atoms with van der Waals surface area (Å²) in [5, 5.41) is 0.914. The number of nitrogens with one attached hydrogen (secondary N) is 1. The van der Waals surface area contributed by atoms with Crippen LogP contribution in [-0.4, -0.2) is 23.5 Å². The van der Waals surface area contributed by atoms with Gasteiger partial charge >= 0.3 is 0 Å². The van der Waals surface area contributed by atoms with Crippen LogP contribution >= 0.6 is 46.4 Å². The number of hydrogen-bond acceptors (Lipinski definition) is 3. The highest BCUT2D eigenvalue weighted by molar-refractivity contribution is 7.92. The van der Waals surface area contributed by atoms with Gasteiger partial charge in [0.15, 0.2) is 5.37 Å². The van der Waals surface area contributed by atoms with Crippen molar-refractivity contribution in [3.05, 3.63) is 65.2 Å². The SMILES string of the molecule is O=C(Cc1ccccc1)NC(C(Cl)(Cl)Cl)S(=O)(=O)c1ccc(Cl)cc1. The van der Waals surface area contributed by atoms with E-state index in [0.717, 1.165) is 0 Å². The van der Waals surface area contributed by atoms with Crippen molar-refractivity contribution in [2.75, 3.05) is 0 Å². The summed E-state index contributed by atoms with van der Waals surface area (Å²) in [4.78, 5) is 12.1. The normalized spacial score (nSPS) is 13.3. The van der Waals surface area contributed by atoms with Crippen LogP contribution < -0.4 is 5.32 Å². The fourth-order valence-corrected chi connectivity index (χ4v) is 4.85. The molecule has 0 bridgehead atoms. The van der Waals surface area contributed by atoms with Crippen LogP contribution in [-0.2, 0) is 21.1 Å². The van der Waals surface area contributed by atoms with Gasteiger partial charge in [-0.05, 0) is 29.8 Å². The third kappa shape index (κ3) is 5.50. The van der Waals surface area contributed by atoms with Crippen LogP contribution in [0.15, 0.2) is 59.5 Å². The van der Waals surface area contributed by atoms with Gasteiger partial charge in [-0.3, -0.25) is 4.79 Å². The topological polar surface area (TPSA) is 63.2 Å². The highest BCUT2D eigenvalue weighted by atomic mass is 35.6. The molecule has 0 radical (unpaired) electrons. The van der Waals surface area contributed by atoms with E-state index < -0.39 is 24.9 Å². The van der Waals surface area contributed by atoms with Crippen molar-refractivity contribution in [1.29, 1.82) is 0 Å². The number of sulfone groups is 1. The molecular weight excluding hydrogens is 428 g/mol.